The van der Waals surface area contributed by atoms with E-state index in [4.69, 9.17) is 0 Å². The van der Waals surface area contributed by atoms with Gasteiger partial charge in [-0.1, -0.05) is 60.7 Å². The molecular weight excluding hydrogens is 446 g/mol. The number of amides is 1. The van der Waals surface area contributed by atoms with Crippen LogP contribution in [0.4, 0.5) is 5.69 Å². The summed E-state index contributed by atoms with van der Waals surface area (Å²) in [5, 5.41) is 0. The van der Waals surface area contributed by atoms with Crippen LogP contribution in [0.5, 0.6) is 0 Å². The van der Waals surface area contributed by atoms with Gasteiger partial charge in [0.15, 0.2) is 0 Å². The molecule has 0 saturated carbocycles. The van der Waals surface area contributed by atoms with E-state index in [9.17, 15) is 13.2 Å². The Morgan fingerprint density at radius 2 is 1.47 bits per heavy atom. The number of nitrogens with zero attached hydrogens (tertiary/aromatic N) is 2. The van der Waals surface area contributed by atoms with E-state index in [2.05, 4.69) is 41.7 Å². The van der Waals surface area contributed by atoms with Crippen LogP contribution in [-0.2, 0) is 21.2 Å². The maximum Gasteiger partial charge on any atom is 0.241 e. The molecule has 4 rings (SSSR count). The molecule has 1 N–H and O–H groups in total. The minimum Gasteiger partial charge on any atom is -0.368 e. The van der Waals surface area contributed by atoms with Crippen molar-refractivity contribution in [3.05, 3.63) is 95.6 Å². The van der Waals surface area contributed by atoms with Crippen LogP contribution in [-0.4, -0.2) is 51.4 Å². The second-order valence-corrected chi connectivity index (χ2v) is 10.4. The van der Waals surface area contributed by atoms with Gasteiger partial charge in [-0.2, -0.15) is 4.72 Å². The molecule has 1 aliphatic heterocycles. The van der Waals surface area contributed by atoms with E-state index in [0.29, 0.717) is 32.6 Å². The number of piperazine rings is 1. The van der Waals surface area contributed by atoms with Crippen LogP contribution in [0.25, 0.3) is 0 Å². The smallest absolute Gasteiger partial charge is 0.241 e. The topological polar surface area (TPSA) is 69.7 Å². The number of benzene rings is 3. The fourth-order valence-corrected chi connectivity index (χ4v) is 5.56. The van der Waals surface area contributed by atoms with Crippen LogP contribution in [0.3, 0.4) is 0 Å². The molecule has 3 aromatic carbocycles. The summed E-state index contributed by atoms with van der Waals surface area (Å²) in [6.07, 6.45) is 0.295. The van der Waals surface area contributed by atoms with Crippen molar-refractivity contribution in [1.82, 2.24) is 9.62 Å². The van der Waals surface area contributed by atoms with Gasteiger partial charge in [-0.25, -0.2) is 8.42 Å². The number of hydrogen-bond donors (Lipinski definition) is 1. The fourth-order valence-electron chi connectivity index (χ4n) is 4.35. The quantitative estimate of drug-likeness (QED) is 0.565. The van der Waals surface area contributed by atoms with Gasteiger partial charge in [0.1, 0.15) is 6.04 Å². The number of aryl methyl sites for hydroxylation is 1. The number of sulfonamides is 1. The first-order chi connectivity index (χ1) is 16.3. The molecule has 1 amide bonds. The molecule has 1 saturated heterocycles. The Balaban J connectivity index is 1.51. The van der Waals surface area contributed by atoms with Gasteiger partial charge in [-0.15, -0.1) is 0 Å². The summed E-state index contributed by atoms with van der Waals surface area (Å²) in [6, 6.07) is 23.1. The van der Waals surface area contributed by atoms with Crippen molar-refractivity contribution in [2.24, 2.45) is 0 Å². The molecule has 34 heavy (non-hydrogen) atoms. The van der Waals surface area contributed by atoms with Crippen LogP contribution in [0.2, 0.25) is 0 Å². The number of hydrogen-bond acceptors (Lipinski definition) is 4. The highest BCUT2D eigenvalue weighted by Gasteiger charge is 2.31. The standard InChI is InChI=1S/C27H31N3O3S/c1-21-10-9-15-26(22(21)2)29-16-18-30(19-17-29)27(31)25(20-23-11-5-3-6-12-23)28-34(32,33)24-13-7-4-8-14-24/h3-15,25,28H,16-20H2,1-2H3/t25-/m0/s1. The Hall–Kier alpha value is -3.16. The lowest BCUT2D eigenvalue weighted by molar-refractivity contribution is -0.133. The van der Waals surface area contributed by atoms with Crippen molar-refractivity contribution in [2.45, 2.75) is 31.2 Å². The zero-order valence-corrected chi connectivity index (χ0v) is 20.5. The van der Waals surface area contributed by atoms with E-state index >= 15 is 0 Å². The average Bonchev–Trinajstić information content (AvgIpc) is 2.86. The predicted octanol–water partition coefficient (Wildman–Crippen LogP) is 3.54. The van der Waals surface area contributed by atoms with Crippen molar-refractivity contribution >= 4 is 21.6 Å². The molecule has 7 heteroatoms. The molecule has 0 aliphatic carbocycles. The monoisotopic (exact) mass is 477 g/mol. The van der Waals surface area contributed by atoms with E-state index in [1.807, 2.05) is 30.3 Å². The van der Waals surface area contributed by atoms with E-state index in [1.54, 1.807) is 23.1 Å². The summed E-state index contributed by atoms with van der Waals surface area (Å²) in [7, 11) is -3.84. The van der Waals surface area contributed by atoms with Crippen LogP contribution in [0.1, 0.15) is 16.7 Å². The highest BCUT2D eigenvalue weighted by Crippen LogP contribution is 2.24. The highest BCUT2D eigenvalue weighted by atomic mass is 32.2. The third kappa shape index (κ3) is 5.48. The molecule has 1 heterocycles. The van der Waals surface area contributed by atoms with Gasteiger partial charge in [-0.05, 0) is 55.2 Å². The van der Waals surface area contributed by atoms with Crippen LogP contribution in [0, 0.1) is 13.8 Å². The largest absolute Gasteiger partial charge is 0.368 e. The molecule has 0 bridgehead atoms. The molecule has 178 valence electrons. The minimum atomic E-state index is -3.84. The Bertz CT molecular complexity index is 1220. The maximum atomic E-state index is 13.6. The summed E-state index contributed by atoms with van der Waals surface area (Å²) < 4.78 is 28.8. The molecule has 3 aromatic rings. The predicted molar refractivity (Wildman–Crippen MR) is 135 cm³/mol. The first-order valence-electron chi connectivity index (χ1n) is 11.6. The fraction of sp³-hybridized carbons (Fsp3) is 0.296. The number of nitrogens with one attached hydrogen (secondary N) is 1. The maximum absolute atomic E-state index is 13.6. The molecule has 1 atom stereocenters. The molecule has 0 radical (unpaired) electrons. The summed E-state index contributed by atoms with van der Waals surface area (Å²) in [4.78, 5) is 17.8. The van der Waals surface area contributed by atoms with Crippen molar-refractivity contribution in [3.63, 3.8) is 0 Å². The third-order valence-corrected chi connectivity index (χ3v) is 7.93. The second kappa shape index (κ2) is 10.4. The van der Waals surface area contributed by atoms with E-state index in [0.717, 1.165) is 5.56 Å². The Morgan fingerprint density at radius 1 is 0.853 bits per heavy atom. The lowest BCUT2D eigenvalue weighted by Gasteiger charge is -2.38. The number of carbonyl (C=O) groups excluding carboxylic acids is 1. The highest BCUT2D eigenvalue weighted by molar-refractivity contribution is 7.89. The van der Waals surface area contributed by atoms with E-state index < -0.39 is 16.1 Å². The lowest BCUT2D eigenvalue weighted by atomic mass is 10.0. The SMILES string of the molecule is Cc1cccc(N2CCN(C(=O)[C@H](Cc3ccccc3)NS(=O)(=O)c3ccccc3)CC2)c1C. The summed E-state index contributed by atoms with van der Waals surface area (Å²) >= 11 is 0. The van der Waals surface area contributed by atoms with Crippen molar-refractivity contribution in [2.75, 3.05) is 31.1 Å². The molecule has 1 fully saturated rings. The Morgan fingerprint density at radius 3 is 2.12 bits per heavy atom. The molecule has 6 nitrogen and oxygen atoms in total. The second-order valence-electron chi connectivity index (χ2n) is 8.71. The van der Waals surface area contributed by atoms with Gasteiger partial charge >= 0.3 is 0 Å². The van der Waals surface area contributed by atoms with Crippen molar-refractivity contribution in [1.29, 1.82) is 0 Å². The number of anilines is 1. The number of carbonyl (C=O) groups is 1. The molecule has 1 aliphatic rings. The van der Waals surface area contributed by atoms with Gasteiger partial charge < -0.3 is 9.80 Å². The molecule has 0 unspecified atom stereocenters. The van der Waals surface area contributed by atoms with Gasteiger partial charge in [0.2, 0.25) is 15.9 Å². The molecular formula is C27H31N3O3S. The van der Waals surface area contributed by atoms with Crippen molar-refractivity contribution in [3.8, 4) is 0 Å². The zero-order chi connectivity index (χ0) is 24.1. The minimum absolute atomic E-state index is 0.153. The van der Waals surface area contributed by atoms with Gasteiger partial charge in [0.25, 0.3) is 0 Å². The van der Waals surface area contributed by atoms with Crippen LogP contribution in [0.15, 0.2) is 83.8 Å². The first kappa shape index (κ1) is 24.0. The lowest BCUT2D eigenvalue weighted by Crippen LogP contribution is -2.55. The molecule has 0 aromatic heterocycles. The van der Waals surface area contributed by atoms with Crippen LogP contribution < -0.4 is 9.62 Å². The van der Waals surface area contributed by atoms with E-state index in [1.165, 1.54) is 28.9 Å². The van der Waals surface area contributed by atoms with Gasteiger partial charge in [0.05, 0.1) is 4.90 Å². The Labute approximate surface area is 202 Å². The Kier molecular flexibility index (Phi) is 7.34. The van der Waals surface area contributed by atoms with Crippen LogP contribution >= 0.6 is 0 Å². The van der Waals surface area contributed by atoms with Crippen molar-refractivity contribution < 1.29 is 13.2 Å². The number of rotatable bonds is 7. The summed E-state index contributed by atoms with van der Waals surface area (Å²) in [6.45, 7) is 6.73. The summed E-state index contributed by atoms with van der Waals surface area (Å²) in [5.41, 5.74) is 4.59. The normalized spacial score (nSPS) is 15.2. The van der Waals surface area contributed by atoms with Gasteiger partial charge in [0, 0.05) is 31.9 Å². The van der Waals surface area contributed by atoms with Gasteiger partial charge in [-0.3, -0.25) is 4.79 Å². The zero-order valence-electron chi connectivity index (χ0n) is 19.6. The van der Waals surface area contributed by atoms with E-state index in [-0.39, 0.29) is 10.8 Å². The third-order valence-electron chi connectivity index (χ3n) is 6.44. The summed E-state index contributed by atoms with van der Waals surface area (Å²) in [5.74, 6) is -0.191. The first-order valence-corrected chi connectivity index (χ1v) is 13.0. The molecule has 0 spiro atoms. The average molecular weight is 478 g/mol.